The van der Waals surface area contributed by atoms with Crippen molar-refractivity contribution in [3.63, 3.8) is 0 Å². The topological polar surface area (TPSA) is 78.7 Å². The molecular formula is C27H29N5O. The first-order chi connectivity index (χ1) is 16.0. The van der Waals surface area contributed by atoms with Crippen LogP contribution in [0.5, 0.6) is 0 Å². The van der Waals surface area contributed by atoms with E-state index in [0.29, 0.717) is 0 Å². The molecule has 0 radical (unpaired) electrons. The monoisotopic (exact) mass is 439 g/mol. The molecule has 4 aliphatic rings. The number of amides is 1. The fraction of sp³-hybridized carbons (Fsp3) is 0.407. The molecule has 3 aliphatic heterocycles. The lowest BCUT2D eigenvalue weighted by Crippen LogP contribution is -2.59. The molecule has 1 aliphatic carbocycles. The van der Waals surface area contributed by atoms with Crippen molar-refractivity contribution in [1.82, 2.24) is 15.6 Å². The van der Waals surface area contributed by atoms with Gasteiger partial charge in [0.15, 0.2) is 6.17 Å². The van der Waals surface area contributed by atoms with E-state index in [4.69, 9.17) is 0 Å². The Morgan fingerprint density at radius 3 is 2.73 bits per heavy atom. The summed E-state index contributed by atoms with van der Waals surface area (Å²) in [6.45, 7) is 4.18. The molecule has 6 nitrogen and oxygen atoms in total. The maximum absolute atomic E-state index is 13.8. The number of hydrogen-bond acceptors (Lipinski definition) is 5. The molecule has 168 valence electrons. The van der Waals surface area contributed by atoms with Crippen LogP contribution in [-0.2, 0) is 10.2 Å². The van der Waals surface area contributed by atoms with Crippen LogP contribution in [0.25, 0.3) is 11.1 Å². The highest BCUT2D eigenvalue weighted by molar-refractivity contribution is 6.00. The Kier molecular flexibility index (Phi) is 4.54. The van der Waals surface area contributed by atoms with Crippen molar-refractivity contribution in [1.29, 1.82) is 0 Å². The number of rotatable bonds is 3. The van der Waals surface area contributed by atoms with Crippen molar-refractivity contribution in [2.45, 2.75) is 69.5 Å². The van der Waals surface area contributed by atoms with Gasteiger partial charge in [-0.2, -0.15) is 10.2 Å². The molecule has 2 aromatic rings. The molecule has 1 fully saturated rings. The Labute approximate surface area is 194 Å². The van der Waals surface area contributed by atoms with Gasteiger partial charge in [-0.3, -0.25) is 9.78 Å². The number of carbonyl (C=O) groups excluding carboxylic acids is 1. The van der Waals surface area contributed by atoms with Crippen molar-refractivity contribution >= 4 is 5.91 Å². The Bertz CT molecular complexity index is 1240. The minimum Gasteiger partial charge on any atom is -0.362 e. The molecule has 1 unspecified atom stereocenters. The zero-order valence-corrected chi connectivity index (χ0v) is 19.2. The van der Waals surface area contributed by atoms with Crippen LogP contribution in [0.4, 0.5) is 0 Å². The van der Waals surface area contributed by atoms with Crippen LogP contribution in [0.2, 0.25) is 0 Å². The number of carbonyl (C=O) groups is 1. The van der Waals surface area contributed by atoms with Crippen LogP contribution in [0.15, 0.2) is 75.9 Å². The maximum atomic E-state index is 13.8. The summed E-state index contributed by atoms with van der Waals surface area (Å²) in [6.07, 6.45) is 9.54. The second kappa shape index (κ2) is 7.37. The number of hydrogen-bond donors (Lipinski definition) is 2. The number of nitrogens with zero attached hydrogens (tertiary/aromatic N) is 3. The van der Waals surface area contributed by atoms with Gasteiger partial charge in [0.05, 0.1) is 17.2 Å². The molecule has 2 atom stereocenters. The average Bonchev–Trinajstić information content (AvgIpc) is 3.47. The lowest BCUT2D eigenvalue weighted by molar-refractivity contribution is -0.121. The molecular weight excluding hydrogens is 410 g/mol. The van der Waals surface area contributed by atoms with Gasteiger partial charge in [-0.05, 0) is 61.1 Å². The molecule has 1 aromatic carbocycles. The van der Waals surface area contributed by atoms with Crippen LogP contribution in [0.1, 0.15) is 56.7 Å². The number of pyridine rings is 1. The van der Waals surface area contributed by atoms with E-state index in [-0.39, 0.29) is 17.6 Å². The van der Waals surface area contributed by atoms with E-state index in [1.54, 1.807) is 0 Å². The van der Waals surface area contributed by atoms with E-state index in [1.165, 1.54) is 12.8 Å². The molecule has 1 aromatic heterocycles. The van der Waals surface area contributed by atoms with E-state index in [2.05, 4.69) is 63.1 Å². The van der Waals surface area contributed by atoms with E-state index >= 15 is 0 Å². The van der Waals surface area contributed by atoms with Gasteiger partial charge < -0.3 is 10.6 Å². The maximum Gasteiger partial charge on any atom is 0.250 e. The summed E-state index contributed by atoms with van der Waals surface area (Å²) in [5, 5.41) is 15.8. The van der Waals surface area contributed by atoms with Gasteiger partial charge in [0, 0.05) is 35.1 Å². The Hall–Kier alpha value is -3.28. The third-order valence-corrected chi connectivity index (χ3v) is 8.00. The van der Waals surface area contributed by atoms with Gasteiger partial charge in [-0.25, -0.2) is 0 Å². The summed E-state index contributed by atoms with van der Waals surface area (Å²) in [4.78, 5) is 18.2. The zero-order valence-electron chi connectivity index (χ0n) is 19.2. The molecule has 1 amide bonds. The van der Waals surface area contributed by atoms with Crippen LogP contribution >= 0.6 is 0 Å². The van der Waals surface area contributed by atoms with E-state index in [9.17, 15) is 4.79 Å². The number of fused-ring (bicyclic) bond motifs is 1. The molecule has 0 saturated heterocycles. The van der Waals surface area contributed by atoms with E-state index < -0.39 is 5.41 Å². The predicted molar refractivity (Wildman–Crippen MR) is 127 cm³/mol. The van der Waals surface area contributed by atoms with Crippen molar-refractivity contribution < 1.29 is 4.79 Å². The average molecular weight is 440 g/mol. The van der Waals surface area contributed by atoms with Crippen molar-refractivity contribution in [3.05, 3.63) is 76.9 Å². The first-order valence-corrected chi connectivity index (χ1v) is 12.0. The summed E-state index contributed by atoms with van der Waals surface area (Å²) < 4.78 is 0. The quantitative estimate of drug-likeness (QED) is 0.701. The molecule has 2 N–H and O–H groups in total. The Morgan fingerprint density at radius 1 is 1.12 bits per heavy atom. The lowest BCUT2D eigenvalue weighted by Gasteiger charge is -2.49. The molecule has 0 bridgehead atoms. The zero-order chi connectivity index (χ0) is 22.6. The smallest absolute Gasteiger partial charge is 0.250 e. The normalized spacial score (nSPS) is 27.2. The largest absolute Gasteiger partial charge is 0.362 e. The number of aromatic nitrogens is 1. The third-order valence-electron chi connectivity index (χ3n) is 8.00. The molecule has 1 saturated carbocycles. The second-order valence-corrected chi connectivity index (χ2v) is 9.86. The minimum atomic E-state index is -0.558. The fourth-order valence-corrected chi connectivity index (χ4v) is 6.48. The lowest BCUT2D eigenvalue weighted by atomic mass is 9.61. The first-order valence-electron chi connectivity index (χ1n) is 12.0. The van der Waals surface area contributed by atoms with Gasteiger partial charge in [0.25, 0.3) is 5.91 Å². The van der Waals surface area contributed by atoms with Gasteiger partial charge in [-0.15, -0.1) is 0 Å². The highest BCUT2D eigenvalue weighted by Crippen LogP contribution is 2.53. The number of azo groups is 1. The van der Waals surface area contributed by atoms with Gasteiger partial charge in [0.1, 0.15) is 0 Å². The third kappa shape index (κ3) is 3.00. The molecule has 6 heteroatoms. The first kappa shape index (κ1) is 20.3. The van der Waals surface area contributed by atoms with Crippen molar-refractivity contribution in [2.75, 3.05) is 0 Å². The molecule has 4 heterocycles. The summed E-state index contributed by atoms with van der Waals surface area (Å²) in [5.41, 5.74) is 6.64. The van der Waals surface area contributed by atoms with Crippen LogP contribution in [0, 0.1) is 6.92 Å². The van der Waals surface area contributed by atoms with Crippen LogP contribution < -0.4 is 10.6 Å². The number of aryl methyl sites for hydroxylation is 1. The Balaban J connectivity index is 1.54. The number of nitrogens with one attached hydrogen (secondary N) is 2. The summed E-state index contributed by atoms with van der Waals surface area (Å²) >= 11 is 0. The standard InChI is InChI=1S/C27H29N5O/c1-3-27(20-8-6-7-18(14-20)19-9-12-28-17(2)13-19)21-16-29-32-24(21)30-22-15-26(10-4-5-11-26)31-25(33)23(22)27/h6-9,12-14,16,24,30H,3-5,10-11,15H2,1-2H3,(H,31,33)/t24?,27-/m1/s1. The van der Waals surface area contributed by atoms with Crippen molar-refractivity contribution in [3.8, 4) is 11.1 Å². The van der Waals surface area contributed by atoms with Crippen LogP contribution in [0.3, 0.4) is 0 Å². The Morgan fingerprint density at radius 2 is 1.94 bits per heavy atom. The number of benzene rings is 1. The summed E-state index contributed by atoms with van der Waals surface area (Å²) in [7, 11) is 0. The van der Waals surface area contributed by atoms with E-state index in [1.807, 2.05) is 25.4 Å². The highest BCUT2D eigenvalue weighted by atomic mass is 16.2. The van der Waals surface area contributed by atoms with Gasteiger partial charge >= 0.3 is 0 Å². The van der Waals surface area contributed by atoms with Crippen molar-refractivity contribution in [2.24, 2.45) is 10.2 Å². The van der Waals surface area contributed by atoms with Crippen LogP contribution in [-0.4, -0.2) is 22.6 Å². The minimum absolute atomic E-state index is 0.0592. The highest BCUT2D eigenvalue weighted by Gasteiger charge is 2.54. The summed E-state index contributed by atoms with van der Waals surface area (Å²) in [5.74, 6) is 0.0592. The summed E-state index contributed by atoms with van der Waals surface area (Å²) in [6, 6.07) is 12.7. The fourth-order valence-electron chi connectivity index (χ4n) is 6.48. The van der Waals surface area contributed by atoms with E-state index in [0.717, 1.165) is 64.9 Å². The molecule has 1 spiro atoms. The second-order valence-electron chi connectivity index (χ2n) is 9.86. The van der Waals surface area contributed by atoms with Gasteiger partial charge in [0.2, 0.25) is 0 Å². The SMILES string of the molecule is CC[C@@]1(c2cccc(-c3ccnc(C)c3)c2)C2=CN=NC2NC2=C1C(=O)NC1(CCCC1)C2. The predicted octanol–water partition coefficient (Wildman–Crippen LogP) is 5.07. The molecule has 6 rings (SSSR count). The van der Waals surface area contributed by atoms with Gasteiger partial charge in [-0.1, -0.05) is 38.0 Å². The molecule has 33 heavy (non-hydrogen) atoms.